The van der Waals surface area contributed by atoms with E-state index in [2.05, 4.69) is 4.98 Å². The van der Waals surface area contributed by atoms with Gasteiger partial charge in [0.1, 0.15) is 12.2 Å². The second-order valence-electron chi connectivity index (χ2n) is 3.43. The van der Waals surface area contributed by atoms with Gasteiger partial charge in [-0.2, -0.15) is 0 Å². The normalized spacial score (nSPS) is 14.5. The molecule has 0 spiro atoms. The second-order valence-corrected chi connectivity index (χ2v) is 3.43. The molecule has 1 heterocycles. The van der Waals surface area contributed by atoms with Crippen molar-refractivity contribution in [1.29, 1.82) is 0 Å². The van der Waals surface area contributed by atoms with Crippen molar-refractivity contribution >= 4 is 5.97 Å². The van der Waals surface area contributed by atoms with Crippen LogP contribution in [0.5, 0.6) is 0 Å². The van der Waals surface area contributed by atoms with Crippen LogP contribution >= 0.6 is 0 Å². The molecular formula is C10H13NO5. The van der Waals surface area contributed by atoms with E-state index in [1.165, 1.54) is 19.2 Å². The zero-order chi connectivity index (χ0) is 12.3. The molecule has 0 radical (unpaired) electrons. The molecule has 0 aliphatic carbocycles. The fraction of sp³-hybridized carbons (Fsp3) is 0.400. The predicted molar refractivity (Wildman–Crippen MR) is 54.0 cm³/mol. The SMILES string of the molecule is Cc1cc(C(O)C(O)CO)cnc1C(=O)O. The van der Waals surface area contributed by atoms with Crippen LogP contribution in [-0.4, -0.2) is 44.1 Å². The average Bonchev–Trinajstić information content (AvgIpc) is 2.26. The summed E-state index contributed by atoms with van der Waals surface area (Å²) in [5.74, 6) is -1.15. The Bertz CT molecular complexity index is 393. The predicted octanol–water partition coefficient (Wildman–Crippen LogP) is -0.525. The first-order chi connectivity index (χ1) is 7.47. The minimum atomic E-state index is -1.31. The number of hydrogen-bond acceptors (Lipinski definition) is 5. The van der Waals surface area contributed by atoms with Crippen LogP contribution in [0.4, 0.5) is 0 Å². The van der Waals surface area contributed by atoms with Crippen LogP contribution in [0.15, 0.2) is 12.3 Å². The number of aliphatic hydroxyl groups is 3. The van der Waals surface area contributed by atoms with Crippen molar-refractivity contribution in [2.45, 2.75) is 19.1 Å². The monoisotopic (exact) mass is 227 g/mol. The van der Waals surface area contributed by atoms with Crippen LogP contribution in [0, 0.1) is 6.92 Å². The fourth-order valence-electron chi connectivity index (χ4n) is 1.30. The van der Waals surface area contributed by atoms with Crippen LogP contribution in [0.3, 0.4) is 0 Å². The zero-order valence-electron chi connectivity index (χ0n) is 8.66. The van der Waals surface area contributed by atoms with Gasteiger partial charge in [0.2, 0.25) is 0 Å². The van der Waals surface area contributed by atoms with Gasteiger partial charge in [0.25, 0.3) is 0 Å². The summed E-state index contributed by atoms with van der Waals surface area (Å²) in [5, 5.41) is 36.1. The highest BCUT2D eigenvalue weighted by Crippen LogP contribution is 2.18. The van der Waals surface area contributed by atoms with Gasteiger partial charge < -0.3 is 20.4 Å². The van der Waals surface area contributed by atoms with Gasteiger partial charge in [0.15, 0.2) is 5.69 Å². The van der Waals surface area contributed by atoms with E-state index < -0.39 is 24.8 Å². The molecule has 1 aromatic heterocycles. The smallest absolute Gasteiger partial charge is 0.354 e. The Morgan fingerprint density at radius 1 is 1.50 bits per heavy atom. The Morgan fingerprint density at radius 2 is 2.12 bits per heavy atom. The highest BCUT2D eigenvalue weighted by Gasteiger charge is 2.19. The lowest BCUT2D eigenvalue weighted by molar-refractivity contribution is -0.0154. The van der Waals surface area contributed by atoms with E-state index in [4.69, 9.17) is 10.2 Å². The van der Waals surface area contributed by atoms with Gasteiger partial charge >= 0.3 is 5.97 Å². The number of carboxylic acids is 1. The molecule has 0 aromatic carbocycles. The molecule has 0 aliphatic heterocycles. The van der Waals surface area contributed by atoms with Gasteiger partial charge in [0, 0.05) is 11.8 Å². The van der Waals surface area contributed by atoms with Crippen LogP contribution in [0.1, 0.15) is 27.7 Å². The zero-order valence-corrected chi connectivity index (χ0v) is 8.66. The van der Waals surface area contributed by atoms with Gasteiger partial charge in [-0.3, -0.25) is 0 Å². The number of aromatic carboxylic acids is 1. The van der Waals surface area contributed by atoms with Crippen molar-refractivity contribution in [3.63, 3.8) is 0 Å². The molecule has 0 saturated carbocycles. The Kier molecular flexibility index (Phi) is 3.94. The quantitative estimate of drug-likeness (QED) is 0.550. The maximum Gasteiger partial charge on any atom is 0.354 e. The number of rotatable bonds is 4. The van der Waals surface area contributed by atoms with Gasteiger partial charge in [0.05, 0.1) is 6.61 Å². The largest absolute Gasteiger partial charge is 0.477 e. The molecule has 2 atom stereocenters. The Hall–Kier alpha value is -1.50. The molecule has 0 amide bonds. The lowest BCUT2D eigenvalue weighted by Crippen LogP contribution is -2.22. The number of aryl methyl sites for hydroxylation is 1. The number of aliphatic hydroxyl groups excluding tert-OH is 3. The summed E-state index contributed by atoms with van der Waals surface area (Å²) in [6, 6.07) is 1.42. The molecule has 0 fully saturated rings. The molecule has 0 saturated heterocycles. The van der Waals surface area contributed by atoms with E-state index >= 15 is 0 Å². The molecule has 0 aliphatic rings. The number of nitrogens with zero attached hydrogens (tertiary/aromatic N) is 1. The average molecular weight is 227 g/mol. The molecule has 6 heteroatoms. The Labute approximate surface area is 91.8 Å². The number of carbonyl (C=O) groups is 1. The number of hydrogen-bond donors (Lipinski definition) is 4. The summed E-state index contributed by atoms with van der Waals surface area (Å²) in [5.41, 5.74) is 0.549. The third-order valence-electron chi connectivity index (χ3n) is 2.20. The van der Waals surface area contributed by atoms with E-state index in [1.807, 2.05) is 0 Å². The number of carboxylic acid groups (broad SMARTS) is 1. The van der Waals surface area contributed by atoms with Crippen molar-refractivity contribution in [1.82, 2.24) is 4.98 Å². The van der Waals surface area contributed by atoms with E-state index in [9.17, 15) is 15.0 Å². The summed E-state index contributed by atoms with van der Waals surface area (Å²) in [4.78, 5) is 14.3. The maximum atomic E-state index is 10.7. The summed E-state index contributed by atoms with van der Waals surface area (Å²) in [7, 11) is 0. The fourth-order valence-corrected chi connectivity index (χ4v) is 1.30. The Balaban J connectivity index is 3.01. The van der Waals surface area contributed by atoms with Gasteiger partial charge in [-0.1, -0.05) is 0 Å². The van der Waals surface area contributed by atoms with Gasteiger partial charge in [-0.15, -0.1) is 0 Å². The second kappa shape index (κ2) is 5.02. The highest BCUT2D eigenvalue weighted by molar-refractivity contribution is 5.86. The minimum absolute atomic E-state index is 0.102. The van der Waals surface area contributed by atoms with E-state index in [0.717, 1.165) is 0 Å². The Morgan fingerprint density at radius 3 is 2.56 bits per heavy atom. The highest BCUT2D eigenvalue weighted by atomic mass is 16.4. The molecule has 1 aromatic rings. The third-order valence-corrected chi connectivity index (χ3v) is 2.20. The van der Waals surface area contributed by atoms with E-state index in [-0.39, 0.29) is 11.3 Å². The molecule has 16 heavy (non-hydrogen) atoms. The third kappa shape index (κ3) is 2.54. The standard InChI is InChI=1S/C10H13NO5/c1-5-2-6(9(14)7(13)4-12)3-11-8(5)10(15)16/h2-3,7,9,12-14H,4H2,1H3,(H,15,16). The molecule has 1 rings (SSSR count). The molecule has 2 unspecified atom stereocenters. The first kappa shape index (κ1) is 12.6. The maximum absolute atomic E-state index is 10.7. The summed E-state index contributed by atoms with van der Waals surface area (Å²) in [6.45, 7) is 0.957. The van der Waals surface area contributed by atoms with E-state index in [0.29, 0.717) is 5.56 Å². The molecule has 0 bridgehead atoms. The summed E-state index contributed by atoms with van der Waals surface area (Å²) >= 11 is 0. The number of aromatic nitrogens is 1. The first-order valence-corrected chi connectivity index (χ1v) is 4.64. The number of pyridine rings is 1. The van der Waals surface area contributed by atoms with Crippen LogP contribution in [0.2, 0.25) is 0 Å². The first-order valence-electron chi connectivity index (χ1n) is 4.64. The minimum Gasteiger partial charge on any atom is -0.477 e. The lowest BCUT2D eigenvalue weighted by atomic mass is 10.0. The van der Waals surface area contributed by atoms with Gasteiger partial charge in [-0.25, -0.2) is 9.78 Å². The van der Waals surface area contributed by atoms with E-state index in [1.54, 1.807) is 0 Å². The molecule has 4 N–H and O–H groups in total. The van der Waals surface area contributed by atoms with Crippen molar-refractivity contribution in [2.24, 2.45) is 0 Å². The summed E-state index contributed by atoms with van der Waals surface area (Å²) < 4.78 is 0. The van der Waals surface area contributed by atoms with Crippen molar-refractivity contribution in [3.8, 4) is 0 Å². The molecule has 88 valence electrons. The topological polar surface area (TPSA) is 111 Å². The van der Waals surface area contributed by atoms with Crippen molar-refractivity contribution in [2.75, 3.05) is 6.61 Å². The summed E-state index contributed by atoms with van der Waals surface area (Å²) in [6.07, 6.45) is -1.42. The van der Waals surface area contributed by atoms with Gasteiger partial charge in [-0.05, 0) is 18.6 Å². The molecular weight excluding hydrogens is 214 g/mol. The lowest BCUT2D eigenvalue weighted by Gasteiger charge is -2.16. The van der Waals surface area contributed by atoms with Crippen molar-refractivity contribution in [3.05, 3.63) is 29.1 Å². The molecule has 6 nitrogen and oxygen atoms in total. The van der Waals surface area contributed by atoms with Crippen LogP contribution in [-0.2, 0) is 0 Å². The van der Waals surface area contributed by atoms with Crippen LogP contribution < -0.4 is 0 Å². The van der Waals surface area contributed by atoms with Crippen LogP contribution in [0.25, 0.3) is 0 Å². The van der Waals surface area contributed by atoms with Crippen molar-refractivity contribution < 1.29 is 25.2 Å².